The molecule has 1 aromatic carbocycles. The van der Waals surface area contributed by atoms with Gasteiger partial charge in [-0.3, -0.25) is 14.8 Å². The van der Waals surface area contributed by atoms with Crippen molar-refractivity contribution < 1.29 is 19.5 Å². The molecule has 0 aliphatic carbocycles. The number of imide groups is 1. The standard InChI is InChI=1S/C19H25NO4/c1-11(2)10-16-17(19(22)20(23)18(16)21)14-6-8-15(9-7-14)24-13(5)12(3)4/h6-9,11-13,23H,10H2,1-5H3. The van der Waals surface area contributed by atoms with Crippen LogP contribution in [-0.2, 0) is 9.59 Å². The van der Waals surface area contributed by atoms with Crippen LogP contribution in [0.1, 0.15) is 46.6 Å². The number of hydroxylamine groups is 2. The van der Waals surface area contributed by atoms with Crippen LogP contribution in [0.3, 0.4) is 0 Å². The van der Waals surface area contributed by atoms with Gasteiger partial charge in [-0.2, -0.15) is 0 Å². The van der Waals surface area contributed by atoms with E-state index in [9.17, 15) is 14.8 Å². The predicted molar refractivity (Wildman–Crippen MR) is 91.4 cm³/mol. The average molecular weight is 331 g/mol. The highest BCUT2D eigenvalue weighted by atomic mass is 16.5. The molecule has 1 aromatic rings. The largest absolute Gasteiger partial charge is 0.490 e. The number of hydrogen-bond acceptors (Lipinski definition) is 4. The molecule has 2 rings (SSSR count). The van der Waals surface area contributed by atoms with E-state index in [4.69, 9.17) is 4.74 Å². The molecular formula is C19H25NO4. The van der Waals surface area contributed by atoms with Gasteiger partial charge < -0.3 is 4.74 Å². The van der Waals surface area contributed by atoms with E-state index in [2.05, 4.69) is 13.8 Å². The molecule has 1 unspecified atom stereocenters. The van der Waals surface area contributed by atoms with Crippen LogP contribution in [0.25, 0.3) is 5.57 Å². The first-order valence-corrected chi connectivity index (χ1v) is 8.30. The van der Waals surface area contributed by atoms with Gasteiger partial charge in [-0.05, 0) is 42.9 Å². The lowest BCUT2D eigenvalue weighted by Gasteiger charge is -2.18. The maximum absolute atomic E-state index is 12.2. The van der Waals surface area contributed by atoms with Crippen molar-refractivity contribution in [3.63, 3.8) is 0 Å². The van der Waals surface area contributed by atoms with Crippen molar-refractivity contribution in [1.29, 1.82) is 0 Å². The molecule has 24 heavy (non-hydrogen) atoms. The Bertz CT molecular complexity index is 658. The summed E-state index contributed by atoms with van der Waals surface area (Å²) in [6.07, 6.45) is 0.522. The normalized spacial score (nSPS) is 16.6. The summed E-state index contributed by atoms with van der Waals surface area (Å²) in [7, 11) is 0. The molecule has 0 spiro atoms. The lowest BCUT2D eigenvalue weighted by Crippen LogP contribution is -2.27. The molecule has 0 fully saturated rings. The van der Waals surface area contributed by atoms with Crippen LogP contribution in [-0.4, -0.2) is 28.2 Å². The fraction of sp³-hybridized carbons (Fsp3) is 0.474. The van der Waals surface area contributed by atoms with Crippen LogP contribution in [0.2, 0.25) is 0 Å². The summed E-state index contributed by atoms with van der Waals surface area (Å²) in [5.74, 6) is 0.00988. The molecule has 1 atom stereocenters. The van der Waals surface area contributed by atoms with Crippen molar-refractivity contribution in [1.82, 2.24) is 5.06 Å². The fourth-order valence-electron chi connectivity index (χ4n) is 2.51. The topological polar surface area (TPSA) is 66.8 Å². The van der Waals surface area contributed by atoms with Crippen molar-refractivity contribution in [2.75, 3.05) is 0 Å². The predicted octanol–water partition coefficient (Wildman–Crippen LogP) is 3.67. The van der Waals surface area contributed by atoms with E-state index in [1.807, 2.05) is 20.8 Å². The summed E-state index contributed by atoms with van der Waals surface area (Å²) in [6.45, 7) is 10.1. The molecule has 2 amide bonds. The van der Waals surface area contributed by atoms with Crippen LogP contribution in [0.15, 0.2) is 29.8 Å². The molecule has 0 aromatic heterocycles. The van der Waals surface area contributed by atoms with Gasteiger partial charge in [-0.15, -0.1) is 5.06 Å². The van der Waals surface area contributed by atoms with E-state index in [0.29, 0.717) is 29.2 Å². The first-order chi connectivity index (χ1) is 11.2. The Morgan fingerprint density at radius 3 is 2.08 bits per heavy atom. The minimum atomic E-state index is -0.667. The van der Waals surface area contributed by atoms with Crippen LogP contribution >= 0.6 is 0 Å². The molecule has 0 saturated carbocycles. The summed E-state index contributed by atoms with van der Waals surface area (Å²) >= 11 is 0. The van der Waals surface area contributed by atoms with Gasteiger partial charge in [0, 0.05) is 5.57 Å². The Morgan fingerprint density at radius 1 is 1.00 bits per heavy atom. The Balaban J connectivity index is 2.32. The van der Waals surface area contributed by atoms with E-state index in [-0.39, 0.29) is 22.7 Å². The van der Waals surface area contributed by atoms with Gasteiger partial charge >= 0.3 is 0 Å². The minimum absolute atomic E-state index is 0.0780. The van der Waals surface area contributed by atoms with E-state index in [1.165, 1.54) is 0 Å². The number of hydrogen-bond donors (Lipinski definition) is 1. The molecule has 1 N–H and O–H groups in total. The zero-order chi connectivity index (χ0) is 18.0. The van der Waals surface area contributed by atoms with Crippen molar-refractivity contribution in [2.24, 2.45) is 11.8 Å². The quantitative estimate of drug-likeness (QED) is 0.638. The lowest BCUT2D eigenvalue weighted by molar-refractivity contribution is -0.169. The van der Waals surface area contributed by atoms with Crippen LogP contribution in [0.4, 0.5) is 0 Å². The molecule has 0 bridgehead atoms. The van der Waals surface area contributed by atoms with Gasteiger partial charge in [-0.1, -0.05) is 39.8 Å². The van der Waals surface area contributed by atoms with Crippen LogP contribution < -0.4 is 4.74 Å². The highest BCUT2D eigenvalue weighted by Crippen LogP contribution is 2.33. The van der Waals surface area contributed by atoms with Crippen molar-refractivity contribution in [3.8, 4) is 5.75 Å². The second-order valence-electron chi connectivity index (χ2n) is 6.96. The number of carbonyl (C=O) groups excluding carboxylic acids is 2. The summed E-state index contributed by atoms with van der Waals surface area (Å²) in [4.78, 5) is 24.3. The van der Waals surface area contributed by atoms with Gasteiger partial charge in [0.25, 0.3) is 11.8 Å². The Morgan fingerprint density at radius 2 is 1.58 bits per heavy atom. The Hall–Kier alpha value is -2.14. The first-order valence-electron chi connectivity index (χ1n) is 8.30. The molecule has 0 saturated heterocycles. The van der Waals surface area contributed by atoms with Gasteiger partial charge in [0.05, 0.1) is 11.7 Å². The monoisotopic (exact) mass is 331 g/mol. The molecule has 1 aliphatic rings. The number of rotatable bonds is 6. The van der Waals surface area contributed by atoms with Gasteiger partial charge in [0.1, 0.15) is 5.75 Å². The smallest absolute Gasteiger partial charge is 0.285 e. The van der Waals surface area contributed by atoms with Gasteiger partial charge in [0.2, 0.25) is 0 Å². The fourth-order valence-corrected chi connectivity index (χ4v) is 2.51. The highest BCUT2D eigenvalue weighted by Gasteiger charge is 2.38. The molecule has 1 heterocycles. The summed E-state index contributed by atoms with van der Waals surface area (Å²) < 4.78 is 5.83. The van der Waals surface area contributed by atoms with E-state index < -0.39 is 11.8 Å². The zero-order valence-corrected chi connectivity index (χ0v) is 14.9. The number of amides is 2. The van der Waals surface area contributed by atoms with Gasteiger partial charge in [0.15, 0.2) is 0 Å². The minimum Gasteiger partial charge on any atom is -0.490 e. The van der Waals surface area contributed by atoms with Crippen LogP contribution in [0, 0.1) is 11.8 Å². The average Bonchev–Trinajstić information content (AvgIpc) is 2.72. The maximum Gasteiger partial charge on any atom is 0.285 e. The summed E-state index contributed by atoms with van der Waals surface area (Å²) in [6, 6.07) is 7.07. The third-order valence-corrected chi connectivity index (χ3v) is 4.17. The first kappa shape index (κ1) is 18.2. The van der Waals surface area contributed by atoms with Crippen molar-refractivity contribution in [3.05, 3.63) is 35.4 Å². The molecular weight excluding hydrogens is 306 g/mol. The second kappa shape index (κ2) is 7.18. The number of carbonyl (C=O) groups is 2. The third kappa shape index (κ3) is 3.67. The number of ether oxygens (including phenoxy) is 1. The molecule has 5 nitrogen and oxygen atoms in total. The molecule has 0 radical (unpaired) electrons. The lowest BCUT2D eigenvalue weighted by atomic mass is 9.95. The molecule has 5 heteroatoms. The Labute approximate surface area is 142 Å². The maximum atomic E-state index is 12.2. The van der Waals surface area contributed by atoms with Crippen LogP contribution in [0.5, 0.6) is 5.75 Å². The summed E-state index contributed by atoms with van der Waals surface area (Å²) in [5.41, 5.74) is 1.26. The van der Waals surface area contributed by atoms with Crippen molar-refractivity contribution >= 4 is 17.4 Å². The van der Waals surface area contributed by atoms with Gasteiger partial charge in [-0.25, -0.2) is 0 Å². The van der Waals surface area contributed by atoms with Crippen molar-refractivity contribution in [2.45, 2.75) is 47.1 Å². The molecule has 1 aliphatic heterocycles. The second-order valence-corrected chi connectivity index (χ2v) is 6.96. The number of nitrogens with zero attached hydrogens (tertiary/aromatic N) is 1. The SMILES string of the molecule is CC(C)CC1=C(c2ccc(OC(C)C(C)C)cc2)C(=O)N(O)C1=O. The Kier molecular flexibility index (Phi) is 5.44. The van der Waals surface area contributed by atoms with E-state index >= 15 is 0 Å². The summed E-state index contributed by atoms with van der Waals surface area (Å²) in [5, 5.41) is 9.89. The third-order valence-electron chi connectivity index (χ3n) is 4.17. The number of benzene rings is 1. The van der Waals surface area contributed by atoms with E-state index in [0.717, 1.165) is 0 Å². The highest BCUT2D eigenvalue weighted by molar-refractivity contribution is 6.35. The van der Waals surface area contributed by atoms with E-state index in [1.54, 1.807) is 24.3 Å². The molecule has 130 valence electrons. The zero-order valence-electron chi connectivity index (χ0n) is 14.9.